The van der Waals surface area contributed by atoms with E-state index in [2.05, 4.69) is 81.4 Å². The van der Waals surface area contributed by atoms with Gasteiger partial charge in [-0.1, -0.05) is 81.4 Å². The van der Waals surface area contributed by atoms with Crippen LogP contribution >= 0.6 is 0 Å². The summed E-state index contributed by atoms with van der Waals surface area (Å²) in [5, 5.41) is 12.2. The first kappa shape index (κ1) is 18.9. The summed E-state index contributed by atoms with van der Waals surface area (Å²) < 4.78 is 6.74. The predicted molar refractivity (Wildman–Crippen MR) is 104 cm³/mol. The van der Waals surface area contributed by atoms with Crippen LogP contribution in [0.5, 0.6) is 0 Å². The molecule has 0 bridgehead atoms. The zero-order valence-corrected chi connectivity index (χ0v) is 16.3. The molecular formula is C21H30O2Si. The Hall–Kier alpha value is -1.42. The molecule has 0 amide bonds. The molecule has 2 aromatic rings. The number of aliphatic hydroxyl groups is 1. The monoisotopic (exact) mass is 342 g/mol. The Balaban J connectivity index is 2.45. The molecule has 2 nitrogen and oxygen atoms in total. The summed E-state index contributed by atoms with van der Waals surface area (Å²) in [6.45, 7) is 9.37. The largest absolute Gasteiger partial charge is 0.407 e. The molecule has 2 aromatic carbocycles. The Bertz CT molecular complexity index is 563. The van der Waals surface area contributed by atoms with Gasteiger partial charge in [-0.25, -0.2) is 0 Å². The SMILES string of the molecule is CC(O)CCCO[Si](c1ccccc1)(c1ccccc1)C(C)(C)C. The van der Waals surface area contributed by atoms with Crippen LogP contribution in [-0.2, 0) is 4.43 Å². The van der Waals surface area contributed by atoms with Crippen molar-refractivity contribution in [2.75, 3.05) is 6.61 Å². The Kier molecular flexibility index (Phi) is 6.38. The lowest BCUT2D eigenvalue weighted by Gasteiger charge is -2.43. The van der Waals surface area contributed by atoms with Crippen molar-refractivity contribution in [3.63, 3.8) is 0 Å². The molecule has 130 valence electrons. The number of benzene rings is 2. The summed E-state index contributed by atoms with van der Waals surface area (Å²) in [5.41, 5.74) is 0. The maximum absolute atomic E-state index is 9.53. The molecule has 0 spiro atoms. The van der Waals surface area contributed by atoms with Gasteiger partial charge < -0.3 is 9.53 Å². The summed E-state index contributed by atoms with van der Waals surface area (Å²) >= 11 is 0. The smallest absolute Gasteiger partial charge is 0.261 e. The van der Waals surface area contributed by atoms with E-state index in [-0.39, 0.29) is 11.1 Å². The van der Waals surface area contributed by atoms with Crippen LogP contribution in [-0.4, -0.2) is 26.1 Å². The minimum absolute atomic E-state index is 0.0144. The average Bonchev–Trinajstić information content (AvgIpc) is 2.55. The fourth-order valence-electron chi connectivity index (χ4n) is 3.37. The molecule has 2 rings (SSSR count). The van der Waals surface area contributed by atoms with Crippen LogP contribution in [0.15, 0.2) is 60.7 Å². The maximum atomic E-state index is 9.53. The lowest BCUT2D eigenvalue weighted by Crippen LogP contribution is -2.66. The van der Waals surface area contributed by atoms with Crippen molar-refractivity contribution < 1.29 is 9.53 Å². The van der Waals surface area contributed by atoms with E-state index in [0.29, 0.717) is 6.61 Å². The Morgan fingerprint density at radius 3 is 1.75 bits per heavy atom. The third-order valence-electron chi connectivity index (χ3n) is 4.50. The molecule has 0 aliphatic carbocycles. The van der Waals surface area contributed by atoms with Gasteiger partial charge in [-0.05, 0) is 35.2 Å². The highest BCUT2D eigenvalue weighted by molar-refractivity contribution is 6.99. The van der Waals surface area contributed by atoms with Gasteiger partial charge in [0.25, 0.3) is 8.32 Å². The molecule has 0 heterocycles. The predicted octanol–water partition coefficient (Wildman–Crippen LogP) is 3.72. The number of hydrogen-bond donors (Lipinski definition) is 1. The molecule has 1 atom stereocenters. The lowest BCUT2D eigenvalue weighted by molar-refractivity contribution is 0.169. The Morgan fingerprint density at radius 1 is 0.917 bits per heavy atom. The molecule has 1 unspecified atom stereocenters. The van der Waals surface area contributed by atoms with E-state index in [9.17, 15) is 5.11 Å². The standard InChI is InChI=1S/C21H30O2Si/c1-18(22)12-11-17-23-24(21(2,3)4,19-13-7-5-8-14-19)20-15-9-6-10-16-20/h5-10,13-16,18,22H,11-12,17H2,1-4H3. The van der Waals surface area contributed by atoms with Crippen molar-refractivity contribution in [3.05, 3.63) is 60.7 Å². The first-order chi connectivity index (χ1) is 11.4. The van der Waals surface area contributed by atoms with Gasteiger partial charge in [-0.2, -0.15) is 0 Å². The first-order valence-electron chi connectivity index (χ1n) is 8.81. The number of aliphatic hydroxyl groups excluding tert-OH is 1. The second-order valence-electron chi connectivity index (χ2n) is 7.50. The first-order valence-corrected chi connectivity index (χ1v) is 10.7. The fraction of sp³-hybridized carbons (Fsp3) is 0.429. The van der Waals surface area contributed by atoms with E-state index >= 15 is 0 Å². The van der Waals surface area contributed by atoms with Gasteiger partial charge in [0.05, 0.1) is 6.10 Å². The highest BCUT2D eigenvalue weighted by atomic mass is 28.4. The van der Waals surface area contributed by atoms with E-state index in [1.807, 2.05) is 6.92 Å². The number of hydrogen-bond acceptors (Lipinski definition) is 2. The van der Waals surface area contributed by atoms with Crippen molar-refractivity contribution >= 4 is 18.7 Å². The van der Waals surface area contributed by atoms with E-state index in [4.69, 9.17) is 4.43 Å². The van der Waals surface area contributed by atoms with Gasteiger partial charge in [0, 0.05) is 6.61 Å². The van der Waals surface area contributed by atoms with Crippen LogP contribution in [0.3, 0.4) is 0 Å². The van der Waals surface area contributed by atoms with Crippen molar-refractivity contribution in [2.45, 2.75) is 51.7 Å². The quantitative estimate of drug-likeness (QED) is 0.614. The molecule has 0 fully saturated rings. The normalized spacial score (nSPS) is 13.7. The van der Waals surface area contributed by atoms with Crippen molar-refractivity contribution in [1.29, 1.82) is 0 Å². The van der Waals surface area contributed by atoms with Gasteiger partial charge in [0.2, 0.25) is 0 Å². The number of rotatable bonds is 7. The third-order valence-corrected chi connectivity index (χ3v) is 9.54. The van der Waals surface area contributed by atoms with Crippen LogP contribution < -0.4 is 10.4 Å². The second kappa shape index (κ2) is 8.10. The van der Waals surface area contributed by atoms with E-state index in [1.165, 1.54) is 10.4 Å². The molecule has 3 heteroatoms. The Morgan fingerprint density at radius 2 is 1.38 bits per heavy atom. The molecule has 1 N–H and O–H groups in total. The summed E-state index contributed by atoms with van der Waals surface area (Å²) in [6.07, 6.45) is 1.38. The van der Waals surface area contributed by atoms with Crippen molar-refractivity contribution in [3.8, 4) is 0 Å². The van der Waals surface area contributed by atoms with Crippen LogP contribution in [0.25, 0.3) is 0 Å². The van der Waals surface area contributed by atoms with Gasteiger partial charge >= 0.3 is 0 Å². The van der Waals surface area contributed by atoms with E-state index < -0.39 is 8.32 Å². The summed E-state index contributed by atoms with van der Waals surface area (Å²) in [5.74, 6) is 0. The molecule has 0 saturated heterocycles. The van der Waals surface area contributed by atoms with Crippen LogP contribution in [0, 0.1) is 0 Å². The maximum Gasteiger partial charge on any atom is 0.261 e. The van der Waals surface area contributed by atoms with Crippen molar-refractivity contribution in [1.82, 2.24) is 0 Å². The molecule has 0 aliphatic heterocycles. The van der Waals surface area contributed by atoms with Crippen LogP contribution in [0.4, 0.5) is 0 Å². The van der Waals surface area contributed by atoms with Crippen LogP contribution in [0.1, 0.15) is 40.5 Å². The van der Waals surface area contributed by atoms with Gasteiger partial charge in [0.1, 0.15) is 0 Å². The van der Waals surface area contributed by atoms with Gasteiger partial charge in [-0.15, -0.1) is 0 Å². The molecule has 0 aliphatic rings. The third kappa shape index (κ3) is 4.15. The van der Waals surface area contributed by atoms with Crippen LogP contribution in [0.2, 0.25) is 5.04 Å². The minimum Gasteiger partial charge on any atom is -0.407 e. The highest BCUT2D eigenvalue weighted by Crippen LogP contribution is 2.36. The molecule has 24 heavy (non-hydrogen) atoms. The fourth-order valence-corrected chi connectivity index (χ4v) is 7.97. The summed E-state index contributed by atoms with van der Waals surface area (Å²) in [4.78, 5) is 0. The van der Waals surface area contributed by atoms with Crippen molar-refractivity contribution in [2.24, 2.45) is 0 Å². The molecular weight excluding hydrogens is 312 g/mol. The summed E-state index contributed by atoms with van der Waals surface area (Å²) in [6, 6.07) is 21.4. The topological polar surface area (TPSA) is 29.5 Å². The summed E-state index contributed by atoms with van der Waals surface area (Å²) in [7, 11) is -2.40. The van der Waals surface area contributed by atoms with Gasteiger partial charge in [0.15, 0.2) is 0 Å². The van der Waals surface area contributed by atoms with E-state index in [1.54, 1.807) is 0 Å². The lowest BCUT2D eigenvalue weighted by atomic mass is 10.2. The Labute approximate surface area is 147 Å². The molecule has 0 aromatic heterocycles. The zero-order valence-electron chi connectivity index (χ0n) is 15.3. The zero-order chi connectivity index (χ0) is 17.6. The average molecular weight is 343 g/mol. The molecule has 0 saturated carbocycles. The van der Waals surface area contributed by atoms with Gasteiger partial charge in [-0.3, -0.25) is 0 Å². The minimum atomic E-state index is -2.40. The second-order valence-corrected chi connectivity index (χ2v) is 11.8. The highest BCUT2D eigenvalue weighted by Gasteiger charge is 2.49. The molecule has 0 radical (unpaired) electrons. The van der Waals surface area contributed by atoms with E-state index in [0.717, 1.165) is 12.8 Å².